The molecule has 1 aromatic heterocycles. The minimum atomic E-state index is 0.383. The highest BCUT2D eigenvalue weighted by atomic mass is 16.5. The van der Waals surface area contributed by atoms with E-state index in [9.17, 15) is 0 Å². The van der Waals surface area contributed by atoms with Gasteiger partial charge in [0, 0.05) is 24.6 Å². The second kappa shape index (κ2) is 8.79. The summed E-state index contributed by atoms with van der Waals surface area (Å²) in [6, 6.07) is 6.67. The van der Waals surface area contributed by atoms with E-state index in [1.807, 2.05) is 6.07 Å². The highest BCUT2D eigenvalue weighted by Gasteiger charge is 2.31. The molecular formula is C22H32N2O3. The quantitative estimate of drug-likeness (QED) is 0.658. The molecule has 0 aliphatic carbocycles. The molecule has 1 atom stereocenters. The van der Waals surface area contributed by atoms with E-state index in [-0.39, 0.29) is 0 Å². The lowest BCUT2D eigenvalue weighted by Gasteiger charge is -2.25. The minimum Gasteiger partial charge on any atom is -0.493 e. The predicted octanol–water partition coefficient (Wildman–Crippen LogP) is 4.93. The van der Waals surface area contributed by atoms with Crippen molar-refractivity contribution in [2.75, 3.05) is 20.3 Å². The van der Waals surface area contributed by atoms with Crippen molar-refractivity contribution in [3.63, 3.8) is 0 Å². The highest BCUT2D eigenvalue weighted by Crippen LogP contribution is 2.38. The summed E-state index contributed by atoms with van der Waals surface area (Å²) in [5.41, 5.74) is 3.56. The van der Waals surface area contributed by atoms with E-state index in [4.69, 9.17) is 14.0 Å². The van der Waals surface area contributed by atoms with Crippen LogP contribution >= 0.6 is 0 Å². The number of likely N-dealkylation sites (tertiary alicyclic amines) is 1. The number of aryl methyl sites for hydroxylation is 2. The Morgan fingerprint density at radius 3 is 2.81 bits per heavy atom. The van der Waals surface area contributed by atoms with Crippen LogP contribution in [0.2, 0.25) is 0 Å². The molecule has 1 saturated heterocycles. The summed E-state index contributed by atoms with van der Waals surface area (Å²) in [5, 5.41) is 4.21. The molecule has 1 aliphatic rings. The molecule has 0 saturated carbocycles. The standard InChI is InChI=1S/C22H32N2O3/c1-6-19-22(16(4)23-27-19)18-8-7-11-24(18)13-17-9-10-20(21(12-17)25-5)26-14-15(2)3/h9-10,12,15,18H,6-8,11,13-14H2,1-5H3/t18-/m1/s1. The largest absolute Gasteiger partial charge is 0.493 e. The zero-order valence-electron chi connectivity index (χ0n) is 17.2. The molecule has 148 valence electrons. The monoisotopic (exact) mass is 372 g/mol. The molecule has 2 aromatic rings. The van der Waals surface area contributed by atoms with Crippen molar-refractivity contribution in [3.05, 3.63) is 40.8 Å². The zero-order valence-corrected chi connectivity index (χ0v) is 17.2. The zero-order chi connectivity index (χ0) is 19.4. The van der Waals surface area contributed by atoms with Crippen LogP contribution in [0.3, 0.4) is 0 Å². The van der Waals surface area contributed by atoms with Gasteiger partial charge in [0.1, 0.15) is 5.76 Å². The Labute approximate surface area is 162 Å². The number of benzene rings is 1. The molecule has 1 aromatic carbocycles. The first-order valence-corrected chi connectivity index (χ1v) is 10.0. The molecule has 0 unspecified atom stereocenters. The van der Waals surface area contributed by atoms with Crippen molar-refractivity contribution in [2.45, 2.75) is 59.5 Å². The van der Waals surface area contributed by atoms with E-state index in [0.29, 0.717) is 18.6 Å². The van der Waals surface area contributed by atoms with Gasteiger partial charge in [-0.15, -0.1) is 0 Å². The fourth-order valence-electron chi connectivity index (χ4n) is 3.87. The fourth-order valence-corrected chi connectivity index (χ4v) is 3.87. The maximum atomic E-state index is 5.88. The van der Waals surface area contributed by atoms with Crippen LogP contribution in [0.5, 0.6) is 11.5 Å². The average Bonchev–Trinajstić information content (AvgIpc) is 3.25. The molecule has 27 heavy (non-hydrogen) atoms. The summed E-state index contributed by atoms with van der Waals surface area (Å²) >= 11 is 0. The molecule has 1 aliphatic heterocycles. The summed E-state index contributed by atoms with van der Waals surface area (Å²) in [7, 11) is 1.70. The summed E-state index contributed by atoms with van der Waals surface area (Å²) in [5.74, 6) is 3.13. The number of rotatable bonds is 8. The van der Waals surface area contributed by atoms with Crippen molar-refractivity contribution < 1.29 is 14.0 Å². The maximum Gasteiger partial charge on any atom is 0.161 e. The van der Waals surface area contributed by atoms with E-state index in [1.54, 1.807) is 7.11 Å². The van der Waals surface area contributed by atoms with Crippen LogP contribution in [0, 0.1) is 12.8 Å². The molecule has 5 heteroatoms. The van der Waals surface area contributed by atoms with Crippen LogP contribution in [0.1, 0.15) is 62.2 Å². The van der Waals surface area contributed by atoms with Crippen molar-refractivity contribution in [1.29, 1.82) is 0 Å². The lowest BCUT2D eigenvalue weighted by molar-refractivity contribution is 0.242. The minimum absolute atomic E-state index is 0.383. The molecule has 3 rings (SSSR count). The van der Waals surface area contributed by atoms with Gasteiger partial charge in [0.25, 0.3) is 0 Å². The lowest BCUT2D eigenvalue weighted by atomic mass is 10.0. The SMILES string of the molecule is CCc1onc(C)c1[C@H]1CCCN1Cc1ccc(OCC(C)C)c(OC)c1. The Kier molecular flexibility index (Phi) is 6.42. The Morgan fingerprint density at radius 2 is 2.11 bits per heavy atom. The predicted molar refractivity (Wildman–Crippen MR) is 106 cm³/mol. The maximum absolute atomic E-state index is 5.88. The first-order chi connectivity index (χ1) is 13.0. The van der Waals surface area contributed by atoms with E-state index >= 15 is 0 Å². The Bertz CT molecular complexity index is 754. The molecule has 0 amide bonds. The summed E-state index contributed by atoms with van der Waals surface area (Å²) < 4.78 is 17.0. The number of ether oxygens (including phenoxy) is 2. The van der Waals surface area contributed by atoms with Crippen molar-refractivity contribution in [1.82, 2.24) is 10.1 Å². The van der Waals surface area contributed by atoms with Crippen molar-refractivity contribution in [3.8, 4) is 11.5 Å². The van der Waals surface area contributed by atoms with Crippen molar-refractivity contribution >= 4 is 0 Å². The first-order valence-electron chi connectivity index (χ1n) is 10.0. The Hall–Kier alpha value is -2.01. The van der Waals surface area contributed by atoms with Gasteiger partial charge in [-0.3, -0.25) is 4.90 Å². The molecule has 0 spiro atoms. The fraction of sp³-hybridized carbons (Fsp3) is 0.591. The average molecular weight is 373 g/mol. The smallest absolute Gasteiger partial charge is 0.161 e. The van der Waals surface area contributed by atoms with E-state index in [1.165, 1.54) is 17.5 Å². The Morgan fingerprint density at radius 1 is 1.30 bits per heavy atom. The number of hydrogen-bond acceptors (Lipinski definition) is 5. The topological polar surface area (TPSA) is 47.7 Å². The van der Waals surface area contributed by atoms with E-state index < -0.39 is 0 Å². The molecule has 1 fully saturated rings. The molecule has 0 bridgehead atoms. The normalized spacial score (nSPS) is 17.6. The number of hydrogen-bond donors (Lipinski definition) is 0. The number of nitrogens with zero attached hydrogens (tertiary/aromatic N) is 2. The van der Waals surface area contributed by atoms with Gasteiger partial charge in [-0.2, -0.15) is 0 Å². The molecule has 0 radical (unpaired) electrons. The summed E-state index contributed by atoms with van der Waals surface area (Å²) in [4.78, 5) is 2.53. The van der Waals surface area contributed by atoms with Crippen LogP contribution in [-0.2, 0) is 13.0 Å². The van der Waals surface area contributed by atoms with Crippen LogP contribution in [0.4, 0.5) is 0 Å². The van der Waals surface area contributed by atoms with Gasteiger partial charge in [-0.05, 0) is 49.9 Å². The van der Waals surface area contributed by atoms with Crippen LogP contribution in [-0.4, -0.2) is 30.3 Å². The summed E-state index contributed by atoms with van der Waals surface area (Å²) in [6.45, 7) is 11.1. The van der Waals surface area contributed by atoms with Crippen LogP contribution < -0.4 is 9.47 Å². The second-order valence-corrected chi connectivity index (χ2v) is 7.78. The van der Waals surface area contributed by atoms with Crippen LogP contribution in [0.15, 0.2) is 22.7 Å². The third-order valence-electron chi connectivity index (χ3n) is 5.19. The molecule has 2 heterocycles. The Balaban J connectivity index is 1.76. The van der Waals surface area contributed by atoms with Gasteiger partial charge in [0.2, 0.25) is 0 Å². The third-order valence-corrected chi connectivity index (χ3v) is 5.19. The summed E-state index contributed by atoms with van der Waals surface area (Å²) in [6.07, 6.45) is 3.24. The van der Waals surface area contributed by atoms with Crippen LogP contribution in [0.25, 0.3) is 0 Å². The van der Waals surface area contributed by atoms with Gasteiger partial charge in [-0.1, -0.05) is 32.0 Å². The second-order valence-electron chi connectivity index (χ2n) is 7.78. The first kappa shape index (κ1) is 19.7. The highest BCUT2D eigenvalue weighted by molar-refractivity contribution is 5.43. The molecular weight excluding hydrogens is 340 g/mol. The molecule has 5 nitrogen and oxygen atoms in total. The van der Waals surface area contributed by atoms with E-state index in [2.05, 4.69) is 49.9 Å². The molecule has 0 N–H and O–H groups in total. The van der Waals surface area contributed by atoms with Crippen molar-refractivity contribution in [2.24, 2.45) is 5.92 Å². The van der Waals surface area contributed by atoms with Gasteiger partial charge >= 0.3 is 0 Å². The van der Waals surface area contributed by atoms with Gasteiger partial charge in [0.15, 0.2) is 11.5 Å². The van der Waals surface area contributed by atoms with Gasteiger partial charge in [0.05, 0.1) is 19.4 Å². The van der Waals surface area contributed by atoms with Gasteiger partial charge in [-0.25, -0.2) is 0 Å². The third kappa shape index (κ3) is 4.46. The lowest BCUT2D eigenvalue weighted by Crippen LogP contribution is -2.23. The number of aromatic nitrogens is 1. The van der Waals surface area contributed by atoms with Gasteiger partial charge < -0.3 is 14.0 Å². The number of methoxy groups -OCH3 is 1. The van der Waals surface area contributed by atoms with E-state index in [0.717, 1.165) is 48.9 Å².